The number of carboxylic acids is 1. The fourth-order valence-electron chi connectivity index (χ4n) is 11.7. The first-order valence-corrected chi connectivity index (χ1v) is 37.3. The van der Waals surface area contributed by atoms with Gasteiger partial charge in [-0.2, -0.15) is 11.8 Å². The quantitative estimate of drug-likeness (QED) is 0.0181. The summed E-state index contributed by atoms with van der Waals surface area (Å²) in [6, 6.07) is 8.40. The number of carbonyl (C=O) groups excluding carboxylic acids is 16. The van der Waals surface area contributed by atoms with Crippen molar-refractivity contribution in [2.45, 2.75) is 171 Å². The molecule has 0 bridgehead atoms. The minimum atomic E-state index is -2.07. The maximum atomic E-state index is 15.5. The number of primary amides is 3. The van der Waals surface area contributed by atoms with Gasteiger partial charge in [-0.15, -0.1) is 0 Å². The summed E-state index contributed by atoms with van der Waals surface area (Å²) >= 11 is 0.918. The number of nitrogens with one attached hydrogen (secondary N) is 14. The van der Waals surface area contributed by atoms with Crippen molar-refractivity contribution >= 4 is 134 Å². The third kappa shape index (κ3) is 29.2. The SMILES string of the molecule is CC(=O)NC[C@H](NC(=O)[C@H](CCC(=O)O)NC(=O)C(C)(C)NC(=O)[C@H](Cc1ccc2ccccc2c1)NC(=O)[C@H](Cc1ccc(OCCN)cc1)NC(=O)[C@@H]1CSCC[C@H](NC(C)=O)C(=O)N[C@@H](CCC(N)=O)C(=O)N[C@@H]([C@@H](C)O)C(=O)N[C@@H](Cc2c[nH]c3ccccc23)C(=O)N[C@@H](CCC(N)=O)C(=O)N1)C(=O)NCC(N)=O. The van der Waals surface area contributed by atoms with Crippen molar-refractivity contribution in [3.8, 4) is 5.75 Å². The second kappa shape index (κ2) is 43.4. The standard InChI is InChI=1S/C74H98N18O20S/c1-38(93)62-72(110)87-55(33-45-34-80-48-13-9-8-12-47(45)48)69(107)84-49(20-23-58(76)96)64(102)89-57(37-113-29-26-52(82-40(3)95)66(104)83-50(67(105)91-62)21-24-59(77)97)70(108)85-53(31-41-15-18-46(19-16-41)112-28-27-75)68(106)86-54(32-42-14-17-43-10-6-7-11-44(43)30-42)71(109)92-74(4,5)73(111)90-51(22-25-61(99)100)65(103)88-56(35-79-39(2)94)63(101)81-36-60(78)98/h6-19,30,34,38,49-57,62,80,93H,20-29,31-33,35-37,75H2,1-5H3,(H2,76,96)(H2,77,97)(H2,78,98)(H,79,94)(H,81,101)(H,82,95)(H,83,104)(H,84,107)(H,85,108)(H,86,106)(H,87,110)(H,88,103)(H,89,102)(H,90,111)(H,91,105)(H,92,109)(H,99,100)/t38-,49+,50+,51+,52+,53+,54+,55+,56+,57+,62+/m1/s1. The second-order valence-corrected chi connectivity index (χ2v) is 28.6. The average molecular weight is 1590 g/mol. The molecule has 11 atom stereocenters. The molecule has 1 aliphatic rings. The molecule has 4 aromatic carbocycles. The number of aliphatic hydroxyl groups excluding tert-OH is 1. The van der Waals surface area contributed by atoms with E-state index in [4.69, 9.17) is 27.7 Å². The van der Waals surface area contributed by atoms with Crippen LogP contribution in [0.3, 0.4) is 0 Å². The van der Waals surface area contributed by atoms with Crippen molar-refractivity contribution in [2.75, 3.05) is 37.7 Å². The van der Waals surface area contributed by atoms with Crippen LogP contribution in [-0.2, 0) is 101 Å². The summed E-state index contributed by atoms with van der Waals surface area (Å²) in [6.07, 6.45) is -4.86. The number of hydrogen-bond acceptors (Lipinski definition) is 21. The number of aliphatic hydroxyl groups is 1. The molecule has 16 amide bonds. The number of amides is 16. The molecular weight excluding hydrogens is 1490 g/mol. The number of aliphatic carboxylic acids is 1. The lowest BCUT2D eigenvalue weighted by atomic mass is 9.97. The average Bonchev–Trinajstić information content (AvgIpc) is 1.77. The van der Waals surface area contributed by atoms with Crippen molar-refractivity contribution in [1.29, 1.82) is 0 Å². The molecule has 1 aromatic heterocycles. The molecule has 0 aliphatic carbocycles. The Bertz CT molecular complexity index is 4310. The highest BCUT2D eigenvalue weighted by Crippen LogP contribution is 2.22. The van der Waals surface area contributed by atoms with E-state index in [0.717, 1.165) is 37.9 Å². The van der Waals surface area contributed by atoms with Crippen molar-refractivity contribution < 1.29 is 96.5 Å². The Labute approximate surface area is 652 Å². The van der Waals surface area contributed by atoms with Crippen LogP contribution in [0.1, 0.15) is 96.3 Å². The highest BCUT2D eigenvalue weighted by atomic mass is 32.2. The van der Waals surface area contributed by atoms with Crippen LogP contribution < -0.4 is 96.8 Å². The van der Waals surface area contributed by atoms with Gasteiger partial charge in [-0.05, 0) is 97.9 Å². The molecule has 1 saturated heterocycles. The maximum Gasteiger partial charge on any atom is 0.303 e. The molecular formula is C74H98N18O20S. The van der Waals surface area contributed by atoms with Gasteiger partial charge in [0.1, 0.15) is 78.3 Å². The number of aromatic amines is 1. The summed E-state index contributed by atoms with van der Waals surface area (Å²) in [5, 5.41) is 55.2. The number of fused-ring (bicyclic) bond motifs is 2. The minimum Gasteiger partial charge on any atom is -0.492 e. The highest BCUT2D eigenvalue weighted by molar-refractivity contribution is 7.99. The summed E-state index contributed by atoms with van der Waals surface area (Å²) in [7, 11) is 0. The lowest BCUT2D eigenvalue weighted by Crippen LogP contribution is -2.64. The largest absolute Gasteiger partial charge is 0.492 e. The first-order valence-electron chi connectivity index (χ1n) is 36.1. The molecule has 2 heterocycles. The molecule has 24 N–H and O–H groups in total. The van der Waals surface area contributed by atoms with E-state index in [9.17, 15) is 72.5 Å². The zero-order valence-corrected chi connectivity index (χ0v) is 63.7. The molecule has 0 saturated carbocycles. The number of nitrogens with two attached hydrogens (primary N) is 4. The molecule has 5 aromatic rings. The van der Waals surface area contributed by atoms with Gasteiger partial charge in [0, 0.05) is 88.3 Å². The lowest BCUT2D eigenvalue weighted by Gasteiger charge is -2.31. The summed E-state index contributed by atoms with van der Waals surface area (Å²) in [5.74, 6) is -17.7. The first-order chi connectivity index (χ1) is 53.5. The molecule has 0 unspecified atom stereocenters. The number of rotatable bonds is 35. The van der Waals surface area contributed by atoms with Crippen molar-refractivity contribution in [2.24, 2.45) is 22.9 Å². The molecule has 0 spiro atoms. The summed E-state index contributed by atoms with van der Waals surface area (Å²) < 4.78 is 5.69. The Morgan fingerprint density at radius 1 is 0.611 bits per heavy atom. The third-order valence-electron chi connectivity index (χ3n) is 17.7. The molecule has 1 aliphatic heterocycles. The van der Waals surface area contributed by atoms with Gasteiger partial charge in [-0.25, -0.2) is 0 Å². The Balaban J connectivity index is 1.43. The Kier molecular flexibility index (Phi) is 34.4. The molecule has 113 heavy (non-hydrogen) atoms. The van der Waals surface area contributed by atoms with Gasteiger partial charge >= 0.3 is 5.97 Å². The number of H-pyrrole nitrogens is 1. The number of carboxylic acid groups (broad SMARTS) is 1. The van der Waals surface area contributed by atoms with Crippen LogP contribution in [0.5, 0.6) is 5.75 Å². The van der Waals surface area contributed by atoms with Gasteiger partial charge < -0.3 is 112 Å². The topological polar surface area (TPSA) is 616 Å². The maximum absolute atomic E-state index is 15.5. The van der Waals surface area contributed by atoms with E-state index in [1.807, 2.05) is 6.07 Å². The highest BCUT2D eigenvalue weighted by Gasteiger charge is 2.40. The predicted octanol–water partition coefficient (Wildman–Crippen LogP) is -4.90. The molecule has 39 heteroatoms. The van der Waals surface area contributed by atoms with Gasteiger partial charge in [0.15, 0.2) is 0 Å². The number of aromatic nitrogens is 1. The van der Waals surface area contributed by atoms with E-state index in [1.54, 1.807) is 91.1 Å². The number of thioether (sulfide) groups is 1. The molecule has 6 rings (SSSR count). The fourth-order valence-corrected chi connectivity index (χ4v) is 12.8. The van der Waals surface area contributed by atoms with Gasteiger partial charge in [-0.3, -0.25) is 81.5 Å². The van der Waals surface area contributed by atoms with Crippen molar-refractivity contribution in [3.63, 3.8) is 0 Å². The third-order valence-corrected chi connectivity index (χ3v) is 18.8. The lowest BCUT2D eigenvalue weighted by molar-refractivity contribution is -0.139. The molecule has 1 fully saturated rings. The van der Waals surface area contributed by atoms with E-state index in [-0.39, 0.29) is 44.6 Å². The van der Waals surface area contributed by atoms with Crippen LogP contribution in [0, 0.1) is 0 Å². The summed E-state index contributed by atoms with van der Waals surface area (Å²) in [5.41, 5.74) is 21.8. The predicted molar refractivity (Wildman–Crippen MR) is 410 cm³/mol. The van der Waals surface area contributed by atoms with Crippen LogP contribution >= 0.6 is 11.8 Å². The molecule has 610 valence electrons. The number of hydrogen-bond donors (Lipinski definition) is 20. The number of para-hydroxylation sites is 1. The monoisotopic (exact) mass is 1590 g/mol. The Morgan fingerprint density at radius 2 is 1.19 bits per heavy atom. The fraction of sp³-hybridized carbons (Fsp3) is 0.446. The van der Waals surface area contributed by atoms with Gasteiger partial charge in [0.2, 0.25) is 94.5 Å². The smallest absolute Gasteiger partial charge is 0.303 e. The molecule has 0 radical (unpaired) electrons. The van der Waals surface area contributed by atoms with E-state index in [1.165, 1.54) is 13.8 Å². The zero-order valence-electron chi connectivity index (χ0n) is 62.9. The Morgan fingerprint density at radius 3 is 1.82 bits per heavy atom. The summed E-state index contributed by atoms with van der Waals surface area (Å²) in [6.45, 7) is 4.82. The Hall–Kier alpha value is -12.3. The van der Waals surface area contributed by atoms with E-state index < -0.39 is 230 Å². The van der Waals surface area contributed by atoms with Crippen LogP contribution in [0.2, 0.25) is 0 Å². The number of benzene rings is 4. The number of ether oxygens (including phenoxy) is 1. The molecule has 38 nitrogen and oxygen atoms in total. The van der Waals surface area contributed by atoms with Gasteiger partial charge in [-0.1, -0.05) is 72.8 Å². The minimum absolute atomic E-state index is 0.117. The second-order valence-electron chi connectivity index (χ2n) is 27.4. The first kappa shape index (κ1) is 89.6. The normalized spacial score (nSPS) is 18.7. The number of carbonyl (C=O) groups is 17. The van der Waals surface area contributed by atoms with E-state index in [0.29, 0.717) is 38.7 Å². The van der Waals surface area contributed by atoms with E-state index in [2.05, 4.69) is 74.1 Å². The van der Waals surface area contributed by atoms with E-state index >= 15 is 19.2 Å². The van der Waals surface area contributed by atoms with Crippen molar-refractivity contribution in [1.82, 2.24) is 74.1 Å². The van der Waals surface area contributed by atoms with Crippen LogP contribution in [0.25, 0.3) is 21.7 Å². The summed E-state index contributed by atoms with van der Waals surface area (Å²) in [4.78, 5) is 237. The van der Waals surface area contributed by atoms with Crippen LogP contribution in [0.15, 0.2) is 97.2 Å². The van der Waals surface area contributed by atoms with Crippen molar-refractivity contribution in [3.05, 3.63) is 114 Å². The van der Waals surface area contributed by atoms with Gasteiger partial charge in [0.05, 0.1) is 12.6 Å². The van der Waals surface area contributed by atoms with Crippen LogP contribution in [-0.4, -0.2) is 225 Å². The van der Waals surface area contributed by atoms with Gasteiger partial charge in [0.25, 0.3) is 0 Å². The van der Waals surface area contributed by atoms with Crippen LogP contribution in [0.4, 0.5) is 0 Å². The zero-order chi connectivity index (χ0) is 83.2.